The lowest BCUT2D eigenvalue weighted by atomic mass is 10.1. The predicted octanol–water partition coefficient (Wildman–Crippen LogP) is 4.62. The van der Waals surface area contributed by atoms with Gasteiger partial charge in [0.15, 0.2) is 0 Å². The summed E-state index contributed by atoms with van der Waals surface area (Å²) in [5, 5.41) is 20.7. The van der Waals surface area contributed by atoms with E-state index in [0.717, 1.165) is 4.90 Å². The summed E-state index contributed by atoms with van der Waals surface area (Å²) >= 11 is 9.07. The number of benzene rings is 1. The van der Waals surface area contributed by atoms with E-state index in [-0.39, 0.29) is 21.6 Å². The first-order valence-electron chi connectivity index (χ1n) is 7.28. The smallest absolute Gasteiger partial charge is 0.415 e. The van der Waals surface area contributed by atoms with Gasteiger partial charge in [0.2, 0.25) is 0 Å². The second kappa shape index (κ2) is 8.01. The summed E-state index contributed by atoms with van der Waals surface area (Å²) in [7, 11) is 0. The highest BCUT2D eigenvalue weighted by Gasteiger charge is 2.38. The molecule has 0 aliphatic rings. The standard InChI is InChI=1S/C15H18BrClN2O6/c1-5-9(13(20)21)18(14(22)25-15(2,3)4)10-7-6-8(16)11(17)12(10)19(23)24/h6-7,9H,5H2,1-4H3,(H,20,21). The molecule has 10 heteroatoms. The molecular weight excluding hydrogens is 420 g/mol. The van der Waals surface area contributed by atoms with Crippen molar-refractivity contribution >= 4 is 51.0 Å². The Bertz CT molecular complexity index is 704. The van der Waals surface area contributed by atoms with E-state index in [4.69, 9.17) is 16.3 Å². The molecule has 0 aliphatic heterocycles. The highest BCUT2D eigenvalue weighted by molar-refractivity contribution is 9.10. The molecule has 1 rings (SSSR count). The number of hydrogen-bond donors (Lipinski definition) is 1. The van der Waals surface area contributed by atoms with Crippen molar-refractivity contribution in [2.45, 2.75) is 45.8 Å². The molecule has 0 saturated heterocycles. The minimum atomic E-state index is -1.36. The lowest BCUT2D eigenvalue weighted by Crippen LogP contribution is -2.47. The first-order valence-corrected chi connectivity index (χ1v) is 8.45. The third kappa shape index (κ3) is 5.05. The van der Waals surface area contributed by atoms with Crippen molar-refractivity contribution in [1.29, 1.82) is 0 Å². The Labute approximate surface area is 158 Å². The zero-order valence-electron chi connectivity index (χ0n) is 14.1. The summed E-state index contributed by atoms with van der Waals surface area (Å²) in [5.41, 5.74) is -1.75. The van der Waals surface area contributed by atoms with Crippen LogP contribution in [0, 0.1) is 10.1 Å². The fraction of sp³-hybridized carbons (Fsp3) is 0.467. The van der Waals surface area contributed by atoms with Gasteiger partial charge in [0.1, 0.15) is 22.4 Å². The number of carbonyl (C=O) groups excluding carboxylic acids is 1. The largest absolute Gasteiger partial charge is 0.480 e. The Morgan fingerprint density at radius 3 is 2.40 bits per heavy atom. The van der Waals surface area contributed by atoms with Gasteiger partial charge in [-0.15, -0.1) is 0 Å². The average molecular weight is 438 g/mol. The summed E-state index contributed by atoms with van der Waals surface area (Å²) in [5.74, 6) is -1.32. The van der Waals surface area contributed by atoms with Crippen LogP contribution in [0.4, 0.5) is 16.2 Å². The van der Waals surface area contributed by atoms with Crippen LogP contribution in [-0.4, -0.2) is 33.7 Å². The number of carbonyl (C=O) groups is 2. The third-order valence-electron chi connectivity index (χ3n) is 3.06. The van der Waals surface area contributed by atoms with Crippen molar-refractivity contribution in [2.24, 2.45) is 0 Å². The fourth-order valence-corrected chi connectivity index (χ4v) is 2.62. The van der Waals surface area contributed by atoms with Crippen molar-refractivity contribution in [2.75, 3.05) is 4.90 Å². The van der Waals surface area contributed by atoms with E-state index >= 15 is 0 Å². The van der Waals surface area contributed by atoms with Gasteiger partial charge in [-0.2, -0.15) is 0 Å². The third-order valence-corrected chi connectivity index (χ3v) is 4.34. The maximum absolute atomic E-state index is 12.6. The molecule has 25 heavy (non-hydrogen) atoms. The van der Waals surface area contributed by atoms with Gasteiger partial charge < -0.3 is 9.84 Å². The second-order valence-corrected chi connectivity index (χ2v) is 7.33. The van der Waals surface area contributed by atoms with Gasteiger partial charge in [-0.25, -0.2) is 9.59 Å². The van der Waals surface area contributed by atoms with Crippen LogP contribution >= 0.6 is 27.5 Å². The molecule has 138 valence electrons. The Kier molecular flexibility index (Phi) is 6.78. The number of aliphatic carboxylic acids is 1. The number of nitro groups is 1. The first-order chi connectivity index (χ1) is 11.4. The molecular formula is C15H18BrClN2O6. The molecule has 0 heterocycles. The minimum absolute atomic E-state index is 0.0133. The van der Waals surface area contributed by atoms with Crippen LogP contribution in [0.5, 0.6) is 0 Å². The normalized spacial score (nSPS) is 12.4. The number of carboxylic acid groups (broad SMARTS) is 1. The topological polar surface area (TPSA) is 110 Å². The van der Waals surface area contributed by atoms with Gasteiger partial charge in [0.05, 0.1) is 4.92 Å². The fourth-order valence-electron chi connectivity index (χ4n) is 2.07. The highest BCUT2D eigenvalue weighted by atomic mass is 79.9. The Hall–Kier alpha value is -1.87. The van der Waals surface area contributed by atoms with E-state index < -0.39 is 34.3 Å². The molecule has 0 radical (unpaired) electrons. The van der Waals surface area contributed by atoms with Crippen molar-refractivity contribution in [3.63, 3.8) is 0 Å². The lowest BCUT2D eigenvalue weighted by Gasteiger charge is -2.30. The van der Waals surface area contributed by atoms with Gasteiger partial charge in [0, 0.05) is 4.47 Å². The van der Waals surface area contributed by atoms with Gasteiger partial charge in [-0.1, -0.05) is 18.5 Å². The molecule has 0 saturated carbocycles. The number of hydrogen-bond acceptors (Lipinski definition) is 5. The number of ether oxygens (including phenoxy) is 1. The van der Waals surface area contributed by atoms with Crippen LogP contribution in [0.25, 0.3) is 0 Å². The van der Waals surface area contributed by atoms with E-state index in [1.54, 1.807) is 27.7 Å². The van der Waals surface area contributed by atoms with Crippen molar-refractivity contribution in [3.8, 4) is 0 Å². The SMILES string of the molecule is CCC(C(=O)O)N(C(=O)OC(C)(C)C)c1ccc(Br)c(Cl)c1[N+](=O)[O-]. The molecule has 8 nitrogen and oxygen atoms in total. The maximum atomic E-state index is 12.6. The Balaban J connectivity index is 3.63. The summed E-state index contributed by atoms with van der Waals surface area (Å²) in [6.45, 7) is 6.36. The van der Waals surface area contributed by atoms with Crippen LogP contribution in [0.1, 0.15) is 34.1 Å². The number of amides is 1. The molecule has 1 atom stereocenters. The molecule has 0 aromatic heterocycles. The van der Waals surface area contributed by atoms with Crippen molar-refractivity contribution in [1.82, 2.24) is 0 Å². The van der Waals surface area contributed by atoms with Crippen molar-refractivity contribution in [3.05, 3.63) is 31.7 Å². The zero-order chi connectivity index (χ0) is 19.5. The molecule has 1 unspecified atom stereocenters. The Morgan fingerprint density at radius 2 is 2.00 bits per heavy atom. The monoisotopic (exact) mass is 436 g/mol. The molecule has 0 aliphatic carbocycles. The molecule has 1 amide bonds. The summed E-state index contributed by atoms with van der Waals surface area (Å²) in [4.78, 5) is 35.6. The van der Waals surface area contributed by atoms with Crippen LogP contribution in [0.15, 0.2) is 16.6 Å². The minimum Gasteiger partial charge on any atom is -0.480 e. The van der Waals surface area contributed by atoms with E-state index in [1.165, 1.54) is 12.1 Å². The van der Waals surface area contributed by atoms with Gasteiger partial charge >= 0.3 is 17.7 Å². The van der Waals surface area contributed by atoms with Gasteiger partial charge in [-0.05, 0) is 55.3 Å². The number of nitro benzene ring substituents is 1. The second-order valence-electron chi connectivity index (χ2n) is 6.10. The van der Waals surface area contributed by atoms with Crippen molar-refractivity contribution < 1.29 is 24.4 Å². The van der Waals surface area contributed by atoms with E-state index in [9.17, 15) is 24.8 Å². The van der Waals surface area contributed by atoms with Crippen LogP contribution in [-0.2, 0) is 9.53 Å². The van der Waals surface area contributed by atoms with Gasteiger partial charge in [-0.3, -0.25) is 15.0 Å². The molecule has 1 N–H and O–H groups in total. The van der Waals surface area contributed by atoms with Crippen LogP contribution < -0.4 is 4.90 Å². The summed E-state index contributed by atoms with van der Waals surface area (Å²) < 4.78 is 5.49. The molecule has 1 aromatic carbocycles. The highest BCUT2D eigenvalue weighted by Crippen LogP contribution is 2.41. The zero-order valence-corrected chi connectivity index (χ0v) is 16.4. The summed E-state index contributed by atoms with van der Waals surface area (Å²) in [6.07, 6.45) is -0.998. The predicted molar refractivity (Wildman–Crippen MR) is 96.2 cm³/mol. The lowest BCUT2D eigenvalue weighted by molar-refractivity contribution is -0.384. The number of nitrogens with zero attached hydrogens (tertiary/aromatic N) is 2. The number of carboxylic acids is 1. The molecule has 1 aromatic rings. The van der Waals surface area contributed by atoms with E-state index in [1.807, 2.05) is 0 Å². The van der Waals surface area contributed by atoms with Crippen LogP contribution in [0.2, 0.25) is 5.02 Å². The first kappa shape index (κ1) is 21.2. The molecule has 0 spiro atoms. The molecule has 0 bridgehead atoms. The van der Waals surface area contributed by atoms with E-state index in [2.05, 4.69) is 15.9 Å². The number of halogens is 2. The van der Waals surface area contributed by atoms with E-state index in [0.29, 0.717) is 0 Å². The van der Waals surface area contributed by atoms with Crippen LogP contribution in [0.3, 0.4) is 0 Å². The average Bonchev–Trinajstić information content (AvgIpc) is 2.44. The Morgan fingerprint density at radius 1 is 1.44 bits per heavy atom. The summed E-state index contributed by atoms with van der Waals surface area (Å²) in [6, 6.07) is 1.30. The van der Waals surface area contributed by atoms with Gasteiger partial charge in [0.25, 0.3) is 0 Å². The molecule has 0 fully saturated rings. The number of rotatable bonds is 5. The maximum Gasteiger partial charge on any atom is 0.415 e. The number of anilines is 1. The quantitative estimate of drug-likeness (QED) is 0.532.